The monoisotopic (exact) mass is 437 g/mol. The van der Waals surface area contributed by atoms with Crippen molar-refractivity contribution in [3.8, 4) is 0 Å². The lowest BCUT2D eigenvalue weighted by Gasteiger charge is -2.27. The van der Waals surface area contributed by atoms with E-state index in [1.807, 2.05) is 6.92 Å². The highest BCUT2D eigenvalue weighted by Gasteiger charge is 2.14. The van der Waals surface area contributed by atoms with E-state index in [1.165, 1.54) is 6.07 Å². The van der Waals surface area contributed by atoms with Crippen molar-refractivity contribution in [2.75, 3.05) is 44.6 Å². The predicted octanol–water partition coefficient (Wildman–Crippen LogP) is 4.74. The fraction of sp³-hybridized carbons (Fsp3) is 0.385. The molecule has 1 aromatic heterocycles. The third kappa shape index (κ3) is 5.90. The van der Waals surface area contributed by atoms with Gasteiger partial charge in [-0.25, -0.2) is 4.39 Å². The van der Waals surface area contributed by atoms with E-state index >= 15 is 0 Å². The minimum Gasteiger partial charge on any atom is -0.385 e. The number of nitrogens with zero attached hydrogens (tertiary/aromatic N) is 1. The summed E-state index contributed by atoms with van der Waals surface area (Å²) in [7, 11) is 0. The Hall–Kier alpha value is -2.83. The lowest BCUT2D eigenvalue weighted by molar-refractivity contribution is 0.239. The first-order valence-corrected chi connectivity index (χ1v) is 11.3. The second kappa shape index (κ2) is 11.2. The molecule has 1 aliphatic rings. The second-order valence-electron chi connectivity index (χ2n) is 8.38. The van der Waals surface area contributed by atoms with Crippen LogP contribution in [0.2, 0.25) is 0 Å². The standard InChI is InChI=1S/C26H36FN5/c1-6-29-24-9-8-22(27)17-23(24)18(2)16-25-19(3)26(21(5)31-25)20(4)30-10-7-13-32-14-11-28-12-15-32/h6,8-9,16-17,28-31H,1,4,7,10-15H2,2-3,5H3/b18-16+. The third-order valence-electron chi connectivity index (χ3n) is 6.00. The van der Waals surface area contributed by atoms with Gasteiger partial charge in [-0.3, -0.25) is 0 Å². The minimum atomic E-state index is -0.263. The van der Waals surface area contributed by atoms with Crippen molar-refractivity contribution in [3.05, 3.63) is 71.5 Å². The molecule has 0 atom stereocenters. The normalized spacial score (nSPS) is 14.9. The van der Waals surface area contributed by atoms with Crippen molar-refractivity contribution in [1.82, 2.24) is 20.5 Å². The molecule has 2 aromatic rings. The molecule has 0 unspecified atom stereocenters. The summed E-state index contributed by atoms with van der Waals surface area (Å²) >= 11 is 0. The molecule has 4 N–H and O–H groups in total. The fourth-order valence-corrected chi connectivity index (χ4v) is 4.31. The first kappa shape index (κ1) is 23.8. The number of nitrogens with one attached hydrogen (secondary N) is 4. The Kier molecular flexibility index (Phi) is 8.31. The van der Waals surface area contributed by atoms with E-state index in [1.54, 1.807) is 18.3 Å². The van der Waals surface area contributed by atoms with E-state index in [0.717, 1.165) is 90.7 Å². The number of aryl methyl sites for hydroxylation is 1. The van der Waals surface area contributed by atoms with Crippen LogP contribution in [0.4, 0.5) is 10.1 Å². The minimum absolute atomic E-state index is 0.263. The van der Waals surface area contributed by atoms with Crippen molar-refractivity contribution in [1.29, 1.82) is 0 Å². The first-order valence-electron chi connectivity index (χ1n) is 11.3. The van der Waals surface area contributed by atoms with Gasteiger partial charge in [0.1, 0.15) is 5.82 Å². The number of H-pyrrole nitrogens is 1. The Bertz CT molecular complexity index is 982. The molecule has 2 heterocycles. The van der Waals surface area contributed by atoms with Gasteiger partial charge < -0.3 is 25.8 Å². The molecule has 1 aromatic carbocycles. The smallest absolute Gasteiger partial charge is 0.123 e. The molecule has 5 nitrogen and oxygen atoms in total. The zero-order chi connectivity index (χ0) is 23.1. The van der Waals surface area contributed by atoms with E-state index < -0.39 is 0 Å². The Labute approximate surface area is 191 Å². The molecule has 0 spiro atoms. The first-order chi connectivity index (χ1) is 15.4. The van der Waals surface area contributed by atoms with E-state index in [4.69, 9.17) is 0 Å². The van der Waals surface area contributed by atoms with Crippen molar-refractivity contribution in [2.24, 2.45) is 0 Å². The van der Waals surface area contributed by atoms with Crippen molar-refractivity contribution in [2.45, 2.75) is 27.2 Å². The van der Waals surface area contributed by atoms with Crippen LogP contribution < -0.4 is 16.0 Å². The van der Waals surface area contributed by atoms with Gasteiger partial charge in [-0.1, -0.05) is 13.2 Å². The lowest BCUT2D eigenvalue weighted by Crippen LogP contribution is -2.44. The molecule has 1 aliphatic heterocycles. The van der Waals surface area contributed by atoms with Crippen molar-refractivity contribution < 1.29 is 4.39 Å². The van der Waals surface area contributed by atoms with Crippen LogP contribution in [0.5, 0.6) is 0 Å². The molecule has 1 fully saturated rings. The number of hydrogen-bond donors (Lipinski definition) is 4. The average Bonchev–Trinajstić information content (AvgIpc) is 3.06. The van der Waals surface area contributed by atoms with Gasteiger partial charge >= 0.3 is 0 Å². The van der Waals surface area contributed by atoms with Gasteiger partial charge in [-0.05, 0) is 75.3 Å². The molecule has 172 valence electrons. The summed E-state index contributed by atoms with van der Waals surface area (Å²) in [4.78, 5) is 5.98. The number of hydrogen-bond acceptors (Lipinski definition) is 4. The van der Waals surface area contributed by atoms with E-state index in [2.05, 4.69) is 58.9 Å². The van der Waals surface area contributed by atoms with Crippen molar-refractivity contribution in [3.63, 3.8) is 0 Å². The zero-order valence-corrected chi connectivity index (χ0v) is 19.6. The highest BCUT2D eigenvalue weighted by atomic mass is 19.1. The molecule has 0 amide bonds. The second-order valence-corrected chi connectivity index (χ2v) is 8.38. The molecule has 0 radical (unpaired) electrons. The number of halogens is 1. The molecule has 0 bridgehead atoms. The Morgan fingerprint density at radius 1 is 1.25 bits per heavy atom. The maximum atomic E-state index is 13.9. The number of aromatic amines is 1. The molecular weight excluding hydrogens is 401 g/mol. The lowest BCUT2D eigenvalue weighted by atomic mass is 10.0. The molecule has 0 aliphatic carbocycles. The van der Waals surface area contributed by atoms with Gasteiger partial charge in [-0.15, -0.1) is 0 Å². The van der Waals surface area contributed by atoms with Crippen LogP contribution >= 0.6 is 0 Å². The summed E-state index contributed by atoms with van der Waals surface area (Å²) in [6.45, 7) is 20.6. The number of allylic oxidation sites excluding steroid dienone is 1. The summed E-state index contributed by atoms with van der Waals surface area (Å²) < 4.78 is 13.9. The van der Waals surface area contributed by atoms with Gasteiger partial charge in [0.05, 0.1) is 0 Å². The number of benzene rings is 1. The SMILES string of the molecule is C=CNc1ccc(F)cc1/C(C)=C/c1[nH]c(C)c(C(=C)NCCCN2CCNCC2)c1C. The van der Waals surface area contributed by atoms with Gasteiger partial charge in [0.2, 0.25) is 0 Å². The molecule has 32 heavy (non-hydrogen) atoms. The summed E-state index contributed by atoms with van der Waals surface area (Å²) in [6.07, 6.45) is 4.75. The summed E-state index contributed by atoms with van der Waals surface area (Å²) in [5.41, 5.74) is 7.87. The maximum absolute atomic E-state index is 13.9. The molecule has 6 heteroatoms. The van der Waals surface area contributed by atoms with Crippen molar-refractivity contribution >= 4 is 23.0 Å². The Morgan fingerprint density at radius 2 is 2.00 bits per heavy atom. The third-order valence-corrected chi connectivity index (χ3v) is 6.00. The fourth-order valence-electron chi connectivity index (χ4n) is 4.31. The van der Waals surface area contributed by atoms with Crippen LogP contribution in [0.25, 0.3) is 17.3 Å². The summed E-state index contributed by atoms with van der Waals surface area (Å²) in [5, 5.41) is 9.98. The van der Waals surface area contributed by atoms with Crippen LogP contribution in [0.1, 0.15) is 41.4 Å². The molecule has 0 saturated carbocycles. The zero-order valence-electron chi connectivity index (χ0n) is 19.6. The van der Waals surface area contributed by atoms with Crippen LogP contribution in [0.15, 0.2) is 37.6 Å². The highest BCUT2D eigenvalue weighted by molar-refractivity contribution is 5.87. The number of piperazine rings is 1. The predicted molar refractivity (Wildman–Crippen MR) is 135 cm³/mol. The molecule has 1 saturated heterocycles. The largest absolute Gasteiger partial charge is 0.385 e. The number of anilines is 1. The number of aromatic nitrogens is 1. The maximum Gasteiger partial charge on any atom is 0.123 e. The van der Waals surface area contributed by atoms with Gasteiger partial charge in [0.25, 0.3) is 0 Å². The topological polar surface area (TPSA) is 55.1 Å². The van der Waals surface area contributed by atoms with Gasteiger partial charge in [-0.2, -0.15) is 0 Å². The Morgan fingerprint density at radius 3 is 2.72 bits per heavy atom. The number of rotatable bonds is 10. The van der Waals surface area contributed by atoms with Crippen LogP contribution in [0.3, 0.4) is 0 Å². The highest BCUT2D eigenvalue weighted by Crippen LogP contribution is 2.30. The van der Waals surface area contributed by atoms with Crippen LogP contribution in [-0.2, 0) is 0 Å². The molecule has 3 rings (SSSR count). The van der Waals surface area contributed by atoms with E-state index in [0.29, 0.717) is 0 Å². The van der Waals surface area contributed by atoms with Gasteiger partial charge in [0.15, 0.2) is 0 Å². The van der Waals surface area contributed by atoms with Crippen LogP contribution in [0, 0.1) is 19.7 Å². The Balaban J connectivity index is 1.69. The van der Waals surface area contributed by atoms with Gasteiger partial charge in [0, 0.05) is 66.6 Å². The molecular formula is C26H36FN5. The van der Waals surface area contributed by atoms with Crippen LogP contribution in [-0.4, -0.2) is 49.2 Å². The summed E-state index contributed by atoms with van der Waals surface area (Å²) in [5.74, 6) is -0.263. The quantitative estimate of drug-likeness (QED) is 0.406. The van der Waals surface area contributed by atoms with E-state index in [9.17, 15) is 4.39 Å². The van der Waals surface area contributed by atoms with E-state index in [-0.39, 0.29) is 5.82 Å². The summed E-state index contributed by atoms with van der Waals surface area (Å²) in [6, 6.07) is 4.72. The average molecular weight is 438 g/mol.